The summed E-state index contributed by atoms with van der Waals surface area (Å²) in [5.41, 5.74) is 4.02. The van der Waals surface area contributed by atoms with E-state index in [4.69, 9.17) is 4.74 Å². The number of benzene rings is 2. The van der Waals surface area contributed by atoms with Crippen molar-refractivity contribution in [2.24, 2.45) is 0 Å². The lowest BCUT2D eigenvalue weighted by molar-refractivity contribution is 0.0958. The Morgan fingerprint density at radius 2 is 1.93 bits per heavy atom. The first-order chi connectivity index (χ1) is 14.7. The number of hydrogen-bond donors (Lipinski definition) is 2. The molecule has 0 saturated carbocycles. The van der Waals surface area contributed by atoms with Crippen molar-refractivity contribution in [3.8, 4) is 11.3 Å². The van der Waals surface area contributed by atoms with Crippen LogP contribution in [0.15, 0.2) is 86.1 Å². The van der Waals surface area contributed by atoms with Gasteiger partial charge >= 0.3 is 0 Å². The van der Waals surface area contributed by atoms with E-state index in [2.05, 4.69) is 33.8 Å². The van der Waals surface area contributed by atoms with Crippen molar-refractivity contribution in [1.29, 1.82) is 0 Å². The largest absolute Gasteiger partial charge is 0.373 e. The van der Waals surface area contributed by atoms with Crippen LogP contribution in [0, 0.1) is 0 Å². The lowest BCUT2D eigenvalue weighted by Crippen LogP contribution is -2.23. The first-order valence-electron chi connectivity index (χ1n) is 9.57. The topological polar surface area (TPSA) is 76.1 Å². The monoisotopic (exact) mass is 400 g/mol. The molecule has 2 aromatic carbocycles. The summed E-state index contributed by atoms with van der Waals surface area (Å²) < 4.78 is 5.49. The van der Waals surface area contributed by atoms with Gasteiger partial charge in [-0.25, -0.2) is 9.97 Å². The summed E-state index contributed by atoms with van der Waals surface area (Å²) >= 11 is 0. The van der Waals surface area contributed by atoms with E-state index < -0.39 is 0 Å². The standard InChI is InChI=1S/C24H24N4O2/c1-3-12-25-23(29)20-9-6-8-19(16-20)22-11-13-26-24(28-22)27-21-10-5-7-18(15-21)17-30-14-4-2/h3-11,13,15-16H,1-2,12,14,17H2,(H,25,29)(H,26,27,28). The molecule has 6 nitrogen and oxygen atoms in total. The van der Waals surface area contributed by atoms with Crippen LogP contribution in [0.3, 0.4) is 0 Å². The second kappa shape index (κ2) is 10.7. The maximum absolute atomic E-state index is 12.2. The molecule has 0 atom stereocenters. The fourth-order valence-corrected chi connectivity index (χ4v) is 2.79. The number of hydrogen-bond acceptors (Lipinski definition) is 5. The van der Waals surface area contributed by atoms with Gasteiger partial charge in [-0.15, -0.1) is 13.2 Å². The van der Waals surface area contributed by atoms with Crippen LogP contribution < -0.4 is 10.6 Å². The van der Waals surface area contributed by atoms with Crippen molar-refractivity contribution in [3.63, 3.8) is 0 Å². The molecular formula is C24H24N4O2. The molecule has 0 unspecified atom stereocenters. The summed E-state index contributed by atoms with van der Waals surface area (Å²) in [4.78, 5) is 21.1. The molecule has 2 N–H and O–H groups in total. The zero-order chi connectivity index (χ0) is 21.2. The number of rotatable bonds is 10. The van der Waals surface area contributed by atoms with Gasteiger partial charge in [-0.3, -0.25) is 4.79 Å². The Morgan fingerprint density at radius 1 is 1.07 bits per heavy atom. The molecular weight excluding hydrogens is 376 g/mol. The Bertz CT molecular complexity index is 1030. The number of nitrogens with zero attached hydrogens (tertiary/aromatic N) is 2. The predicted molar refractivity (Wildman–Crippen MR) is 120 cm³/mol. The maximum Gasteiger partial charge on any atom is 0.251 e. The minimum absolute atomic E-state index is 0.153. The second-order valence-electron chi connectivity index (χ2n) is 6.47. The SMILES string of the molecule is C=CCNC(=O)c1cccc(-c2ccnc(Nc3cccc(COCC=C)c3)n2)c1. The summed E-state index contributed by atoms with van der Waals surface area (Å²) in [7, 11) is 0. The molecule has 30 heavy (non-hydrogen) atoms. The van der Waals surface area contributed by atoms with Gasteiger partial charge < -0.3 is 15.4 Å². The summed E-state index contributed by atoms with van der Waals surface area (Å²) in [5.74, 6) is 0.317. The van der Waals surface area contributed by atoms with Gasteiger partial charge in [0, 0.05) is 29.6 Å². The van der Waals surface area contributed by atoms with Crippen molar-refractivity contribution in [3.05, 3.63) is 97.2 Å². The van der Waals surface area contributed by atoms with Gasteiger partial charge in [0.15, 0.2) is 0 Å². The van der Waals surface area contributed by atoms with E-state index in [1.807, 2.05) is 48.5 Å². The van der Waals surface area contributed by atoms with Crippen molar-refractivity contribution in [2.75, 3.05) is 18.5 Å². The molecule has 3 aromatic rings. The number of carbonyl (C=O) groups is 1. The molecule has 0 aliphatic heterocycles. The van der Waals surface area contributed by atoms with Gasteiger partial charge in [0.05, 0.1) is 18.9 Å². The van der Waals surface area contributed by atoms with E-state index >= 15 is 0 Å². The molecule has 1 aromatic heterocycles. The highest BCUT2D eigenvalue weighted by Crippen LogP contribution is 2.21. The predicted octanol–water partition coefficient (Wildman–Crippen LogP) is 4.51. The third-order valence-electron chi connectivity index (χ3n) is 4.17. The molecule has 1 heterocycles. The molecule has 0 spiro atoms. The first kappa shape index (κ1) is 21.0. The molecule has 0 bridgehead atoms. The summed E-state index contributed by atoms with van der Waals surface area (Å²) in [6.45, 7) is 8.69. The van der Waals surface area contributed by atoms with Crippen LogP contribution in [0.4, 0.5) is 11.6 Å². The summed E-state index contributed by atoms with van der Waals surface area (Å²) in [6, 6.07) is 17.0. The van der Waals surface area contributed by atoms with Crippen LogP contribution in [0.5, 0.6) is 0 Å². The summed E-state index contributed by atoms with van der Waals surface area (Å²) in [5, 5.41) is 6.00. The Morgan fingerprint density at radius 3 is 2.77 bits per heavy atom. The molecule has 1 amide bonds. The smallest absolute Gasteiger partial charge is 0.251 e. The van der Waals surface area contributed by atoms with Crippen molar-refractivity contribution in [2.45, 2.75) is 6.61 Å². The molecule has 0 saturated heterocycles. The lowest BCUT2D eigenvalue weighted by Gasteiger charge is -2.09. The third kappa shape index (κ3) is 5.86. The molecule has 152 valence electrons. The van der Waals surface area contributed by atoms with E-state index in [-0.39, 0.29) is 5.91 Å². The Labute approximate surface area is 176 Å². The number of amides is 1. The van der Waals surface area contributed by atoms with Crippen molar-refractivity contribution in [1.82, 2.24) is 15.3 Å². The zero-order valence-electron chi connectivity index (χ0n) is 16.7. The first-order valence-corrected chi connectivity index (χ1v) is 9.57. The van der Waals surface area contributed by atoms with Gasteiger partial charge in [0.2, 0.25) is 5.95 Å². The molecule has 6 heteroatoms. The minimum Gasteiger partial charge on any atom is -0.373 e. The highest BCUT2D eigenvalue weighted by atomic mass is 16.5. The Balaban J connectivity index is 1.75. The highest BCUT2D eigenvalue weighted by Gasteiger charge is 2.08. The van der Waals surface area contributed by atoms with Gasteiger partial charge in [0.25, 0.3) is 5.91 Å². The normalized spacial score (nSPS) is 10.3. The molecule has 0 fully saturated rings. The molecule has 3 rings (SSSR count). The average Bonchev–Trinajstić information content (AvgIpc) is 2.78. The number of carbonyl (C=O) groups excluding carboxylic acids is 1. The summed E-state index contributed by atoms with van der Waals surface area (Å²) in [6.07, 6.45) is 5.05. The van der Waals surface area contributed by atoms with Gasteiger partial charge in [-0.1, -0.05) is 36.4 Å². The van der Waals surface area contributed by atoms with Gasteiger partial charge in [0.1, 0.15) is 0 Å². The minimum atomic E-state index is -0.153. The molecule has 0 radical (unpaired) electrons. The third-order valence-corrected chi connectivity index (χ3v) is 4.17. The zero-order valence-corrected chi connectivity index (χ0v) is 16.7. The number of anilines is 2. The number of nitrogens with one attached hydrogen (secondary N) is 2. The Kier molecular flexibility index (Phi) is 7.46. The Hall–Kier alpha value is -3.77. The van der Waals surface area contributed by atoms with Crippen LogP contribution >= 0.6 is 0 Å². The second-order valence-corrected chi connectivity index (χ2v) is 6.47. The lowest BCUT2D eigenvalue weighted by atomic mass is 10.1. The number of ether oxygens (including phenoxy) is 1. The fraction of sp³-hybridized carbons (Fsp3) is 0.125. The molecule has 0 aliphatic rings. The van der Waals surface area contributed by atoms with Gasteiger partial charge in [-0.2, -0.15) is 0 Å². The van der Waals surface area contributed by atoms with Gasteiger partial charge in [-0.05, 0) is 35.9 Å². The van der Waals surface area contributed by atoms with Crippen molar-refractivity contribution < 1.29 is 9.53 Å². The van der Waals surface area contributed by atoms with Crippen LogP contribution in [0.2, 0.25) is 0 Å². The van der Waals surface area contributed by atoms with Crippen molar-refractivity contribution >= 4 is 17.5 Å². The van der Waals surface area contributed by atoms with E-state index in [1.165, 1.54) is 0 Å². The van der Waals surface area contributed by atoms with E-state index in [0.29, 0.717) is 31.3 Å². The fourth-order valence-electron chi connectivity index (χ4n) is 2.79. The quantitative estimate of drug-likeness (QED) is 0.387. The molecule has 0 aliphatic carbocycles. The highest BCUT2D eigenvalue weighted by molar-refractivity contribution is 5.95. The van der Waals surface area contributed by atoms with E-state index in [1.54, 1.807) is 24.4 Å². The van der Waals surface area contributed by atoms with Crippen LogP contribution in [-0.4, -0.2) is 29.0 Å². The maximum atomic E-state index is 12.2. The van der Waals surface area contributed by atoms with E-state index in [9.17, 15) is 4.79 Å². The average molecular weight is 400 g/mol. The number of aromatic nitrogens is 2. The van der Waals surface area contributed by atoms with Crippen LogP contribution in [-0.2, 0) is 11.3 Å². The van der Waals surface area contributed by atoms with Crippen LogP contribution in [0.1, 0.15) is 15.9 Å². The van der Waals surface area contributed by atoms with E-state index in [0.717, 1.165) is 22.5 Å². The van der Waals surface area contributed by atoms with Crippen LogP contribution in [0.25, 0.3) is 11.3 Å².